The van der Waals surface area contributed by atoms with Crippen molar-refractivity contribution in [3.8, 4) is 0 Å². The standard InChI is InChI=1S/C26H46N2/c1-19(2)21(5)13-11-12-14-22(6)27-18-26(10)16-24(15-25(8,9)17-26)28-23(7)20(3)4/h20,24,27-28H,1,5-7,11-18H2,2-4,8-10H3. The highest BCUT2D eigenvalue weighted by molar-refractivity contribution is 5.22. The summed E-state index contributed by atoms with van der Waals surface area (Å²) in [6.07, 6.45) is 8.02. The number of hydrogen-bond acceptors (Lipinski definition) is 2. The van der Waals surface area contributed by atoms with Gasteiger partial charge in [0.25, 0.3) is 0 Å². The van der Waals surface area contributed by atoms with Crippen molar-refractivity contribution in [1.82, 2.24) is 10.6 Å². The predicted molar refractivity (Wildman–Crippen MR) is 126 cm³/mol. The molecular formula is C26H46N2. The molecule has 1 saturated carbocycles. The second-order valence-electron chi connectivity index (χ2n) is 10.6. The molecule has 1 aliphatic carbocycles. The average Bonchev–Trinajstić information content (AvgIpc) is 2.54. The maximum absolute atomic E-state index is 4.27. The van der Waals surface area contributed by atoms with Crippen LogP contribution in [-0.4, -0.2) is 12.6 Å². The Labute approximate surface area is 175 Å². The summed E-state index contributed by atoms with van der Waals surface area (Å²) in [7, 11) is 0. The molecule has 0 aromatic rings. The zero-order chi connectivity index (χ0) is 21.5. The first-order valence-electron chi connectivity index (χ1n) is 11.0. The van der Waals surface area contributed by atoms with E-state index in [0.29, 0.717) is 17.4 Å². The van der Waals surface area contributed by atoms with E-state index in [1.54, 1.807) is 0 Å². The van der Waals surface area contributed by atoms with Gasteiger partial charge in [-0.15, -0.1) is 0 Å². The van der Waals surface area contributed by atoms with Crippen LogP contribution >= 0.6 is 0 Å². The van der Waals surface area contributed by atoms with E-state index in [4.69, 9.17) is 0 Å². The van der Waals surface area contributed by atoms with E-state index in [0.717, 1.165) is 37.8 Å². The van der Waals surface area contributed by atoms with Gasteiger partial charge in [-0.2, -0.15) is 0 Å². The number of nitrogens with one attached hydrogen (secondary N) is 2. The largest absolute Gasteiger partial charge is 0.388 e. The molecule has 0 heterocycles. The third kappa shape index (κ3) is 8.71. The number of rotatable bonds is 12. The molecule has 0 aromatic carbocycles. The van der Waals surface area contributed by atoms with Crippen LogP contribution < -0.4 is 10.6 Å². The molecule has 1 fully saturated rings. The van der Waals surface area contributed by atoms with Crippen LogP contribution in [0.15, 0.2) is 48.9 Å². The molecule has 160 valence electrons. The van der Waals surface area contributed by atoms with Crippen molar-refractivity contribution < 1.29 is 0 Å². The first-order valence-corrected chi connectivity index (χ1v) is 11.0. The molecule has 2 unspecified atom stereocenters. The first kappa shape index (κ1) is 24.6. The molecule has 0 saturated heterocycles. The first-order chi connectivity index (χ1) is 12.8. The van der Waals surface area contributed by atoms with E-state index in [1.807, 2.05) is 6.92 Å². The lowest BCUT2D eigenvalue weighted by molar-refractivity contribution is 0.0746. The van der Waals surface area contributed by atoms with Crippen molar-refractivity contribution in [2.45, 2.75) is 92.5 Å². The maximum Gasteiger partial charge on any atom is 0.0269 e. The lowest BCUT2D eigenvalue weighted by Crippen LogP contribution is -2.48. The van der Waals surface area contributed by atoms with Gasteiger partial charge in [-0.05, 0) is 68.6 Å². The number of hydrogen-bond donors (Lipinski definition) is 2. The summed E-state index contributed by atoms with van der Waals surface area (Å²) >= 11 is 0. The van der Waals surface area contributed by atoms with Gasteiger partial charge in [-0.25, -0.2) is 0 Å². The monoisotopic (exact) mass is 386 g/mol. The van der Waals surface area contributed by atoms with E-state index < -0.39 is 0 Å². The van der Waals surface area contributed by atoms with Gasteiger partial charge in [0.1, 0.15) is 0 Å². The van der Waals surface area contributed by atoms with Crippen molar-refractivity contribution in [2.24, 2.45) is 16.7 Å². The molecule has 1 aliphatic rings. The third-order valence-corrected chi connectivity index (χ3v) is 6.11. The average molecular weight is 387 g/mol. The van der Waals surface area contributed by atoms with Crippen LogP contribution in [0.3, 0.4) is 0 Å². The maximum atomic E-state index is 4.27. The van der Waals surface area contributed by atoms with Gasteiger partial charge in [0.2, 0.25) is 0 Å². The summed E-state index contributed by atoms with van der Waals surface area (Å²) in [4.78, 5) is 0. The quantitative estimate of drug-likeness (QED) is 0.275. The fourth-order valence-corrected chi connectivity index (χ4v) is 4.62. The smallest absolute Gasteiger partial charge is 0.0269 e. The molecule has 2 heteroatoms. The molecule has 0 radical (unpaired) electrons. The Kier molecular flexibility index (Phi) is 9.11. The molecular weight excluding hydrogens is 340 g/mol. The van der Waals surface area contributed by atoms with Crippen LogP contribution in [0.1, 0.15) is 86.5 Å². The van der Waals surface area contributed by atoms with Gasteiger partial charge < -0.3 is 10.6 Å². The van der Waals surface area contributed by atoms with Crippen LogP contribution in [0, 0.1) is 16.7 Å². The van der Waals surface area contributed by atoms with E-state index in [2.05, 4.69) is 71.6 Å². The van der Waals surface area contributed by atoms with Gasteiger partial charge in [0.15, 0.2) is 0 Å². The molecule has 2 nitrogen and oxygen atoms in total. The minimum absolute atomic E-state index is 0.272. The van der Waals surface area contributed by atoms with E-state index in [1.165, 1.54) is 36.2 Å². The normalized spacial score (nSPS) is 23.9. The van der Waals surface area contributed by atoms with Gasteiger partial charge >= 0.3 is 0 Å². The highest BCUT2D eigenvalue weighted by Crippen LogP contribution is 2.46. The third-order valence-electron chi connectivity index (χ3n) is 6.11. The summed E-state index contributed by atoms with van der Waals surface area (Å²) < 4.78 is 0. The molecule has 2 N–H and O–H groups in total. The summed E-state index contributed by atoms with van der Waals surface area (Å²) in [5.74, 6) is 0.482. The molecule has 1 rings (SSSR count). The van der Waals surface area contributed by atoms with Crippen LogP contribution in [-0.2, 0) is 0 Å². The number of allylic oxidation sites excluding steroid dienone is 4. The Morgan fingerprint density at radius 2 is 1.61 bits per heavy atom. The van der Waals surface area contributed by atoms with Crippen LogP contribution in [0.4, 0.5) is 0 Å². The Balaban J connectivity index is 2.49. The van der Waals surface area contributed by atoms with Gasteiger partial charge in [-0.1, -0.05) is 72.1 Å². The van der Waals surface area contributed by atoms with Crippen LogP contribution in [0.25, 0.3) is 0 Å². The van der Waals surface area contributed by atoms with Gasteiger partial charge in [-0.3, -0.25) is 0 Å². The summed E-state index contributed by atoms with van der Waals surface area (Å²) in [5.41, 5.74) is 5.23. The minimum Gasteiger partial charge on any atom is -0.388 e. The summed E-state index contributed by atoms with van der Waals surface area (Å²) in [6.45, 7) is 31.2. The molecule has 0 aromatic heterocycles. The Morgan fingerprint density at radius 1 is 1.00 bits per heavy atom. The highest BCUT2D eigenvalue weighted by Gasteiger charge is 2.41. The second kappa shape index (κ2) is 10.4. The minimum atomic E-state index is 0.272. The molecule has 0 bridgehead atoms. The molecule has 2 atom stereocenters. The van der Waals surface area contributed by atoms with Crippen LogP contribution in [0.5, 0.6) is 0 Å². The van der Waals surface area contributed by atoms with Crippen molar-refractivity contribution in [3.63, 3.8) is 0 Å². The fraction of sp³-hybridized carbons (Fsp3) is 0.692. The Bertz CT molecular complexity index is 581. The van der Waals surface area contributed by atoms with E-state index in [-0.39, 0.29) is 5.41 Å². The van der Waals surface area contributed by atoms with Gasteiger partial charge in [0.05, 0.1) is 0 Å². The van der Waals surface area contributed by atoms with Crippen molar-refractivity contribution in [2.75, 3.05) is 6.54 Å². The van der Waals surface area contributed by atoms with Gasteiger partial charge in [0, 0.05) is 24.0 Å². The number of unbranched alkanes of at least 4 members (excludes halogenated alkanes) is 1. The highest BCUT2D eigenvalue weighted by atomic mass is 15.0. The van der Waals surface area contributed by atoms with E-state index >= 15 is 0 Å². The van der Waals surface area contributed by atoms with Crippen molar-refractivity contribution >= 4 is 0 Å². The van der Waals surface area contributed by atoms with Crippen molar-refractivity contribution in [3.05, 3.63) is 48.9 Å². The summed E-state index contributed by atoms with van der Waals surface area (Å²) in [6, 6.07) is 0.506. The lowest BCUT2D eigenvalue weighted by atomic mass is 9.62. The topological polar surface area (TPSA) is 24.1 Å². The fourth-order valence-electron chi connectivity index (χ4n) is 4.62. The molecule has 0 amide bonds. The van der Waals surface area contributed by atoms with Crippen molar-refractivity contribution in [1.29, 1.82) is 0 Å². The SMILES string of the molecule is C=C(CCCCC(=C)C(=C)C)NCC1(C)CC(NC(=C)C(C)C)CC(C)(C)C1. The zero-order valence-corrected chi connectivity index (χ0v) is 19.6. The van der Waals surface area contributed by atoms with Crippen LogP contribution in [0.2, 0.25) is 0 Å². The molecule has 28 heavy (non-hydrogen) atoms. The van der Waals surface area contributed by atoms with E-state index in [9.17, 15) is 0 Å². The summed E-state index contributed by atoms with van der Waals surface area (Å²) in [5, 5.41) is 7.37. The Hall–Kier alpha value is -1.44. The lowest BCUT2D eigenvalue weighted by Gasteiger charge is -2.47. The molecule has 0 spiro atoms. The Morgan fingerprint density at radius 3 is 2.18 bits per heavy atom. The molecule has 0 aliphatic heterocycles. The second-order valence-corrected chi connectivity index (χ2v) is 10.6. The predicted octanol–water partition coefficient (Wildman–Crippen LogP) is 7.13. The zero-order valence-electron chi connectivity index (χ0n) is 19.6.